The van der Waals surface area contributed by atoms with Crippen molar-refractivity contribution in [3.8, 4) is 5.75 Å². The first-order valence-electron chi connectivity index (χ1n) is 9.06. The van der Waals surface area contributed by atoms with E-state index in [4.69, 9.17) is 16.3 Å². The third-order valence-corrected chi connectivity index (χ3v) is 7.17. The van der Waals surface area contributed by atoms with Gasteiger partial charge in [0.15, 0.2) is 0 Å². The topological polar surface area (TPSA) is 75.7 Å². The Labute approximate surface area is 170 Å². The number of aryl methyl sites for hydroxylation is 1. The summed E-state index contributed by atoms with van der Waals surface area (Å²) in [6.45, 7) is 2.14. The molecule has 2 aromatic rings. The van der Waals surface area contributed by atoms with Crippen molar-refractivity contribution in [1.29, 1.82) is 0 Å². The predicted molar refractivity (Wildman–Crippen MR) is 109 cm³/mol. The maximum Gasteiger partial charge on any atom is 0.243 e. The first-order valence-corrected chi connectivity index (χ1v) is 10.9. The summed E-state index contributed by atoms with van der Waals surface area (Å²) in [7, 11) is -2.27. The van der Waals surface area contributed by atoms with E-state index in [2.05, 4.69) is 5.32 Å². The van der Waals surface area contributed by atoms with Crippen molar-refractivity contribution in [3.05, 3.63) is 53.1 Å². The lowest BCUT2D eigenvalue weighted by molar-refractivity contribution is -0.120. The van der Waals surface area contributed by atoms with Crippen LogP contribution in [0.25, 0.3) is 0 Å². The minimum absolute atomic E-state index is 0.189. The van der Waals surface area contributed by atoms with Gasteiger partial charge in [-0.2, -0.15) is 4.31 Å². The van der Waals surface area contributed by atoms with Gasteiger partial charge in [-0.25, -0.2) is 8.42 Å². The molecule has 1 aliphatic rings. The molecular formula is C20H23ClN2O4S. The minimum atomic E-state index is -3.76. The lowest BCUT2D eigenvalue weighted by Gasteiger charge is -2.33. The SMILES string of the molecule is COc1cc(Cl)c(C)cc1NC(=O)[C@H]1CCCCN1S(=O)(=O)c1ccccc1. The van der Waals surface area contributed by atoms with Gasteiger partial charge in [-0.15, -0.1) is 0 Å². The van der Waals surface area contributed by atoms with Crippen LogP contribution in [0.3, 0.4) is 0 Å². The number of benzene rings is 2. The first-order chi connectivity index (χ1) is 13.3. The smallest absolute Gasteiger partial charge is 0.243 e. The summed E-state index contributed by atoms with van der Waals surface area (Å²) in [4.78, 5) is 13.2. The van der Waals surface area contributed by atoms with Gasteiger partial charge in [-0.3, -0.25) is 4.79 Å². The van der Waals surface area contributed by atoms with Crippen molar-refractivity contribution in [2.75, 3.05) is 19.0 Å². The Morgan fingerprint density at radius 3 is 2.61 bits per heavy atom. The van der Waals surface area contributed by atoms with Crippen molar-refractivity contribution in [3.63, 3.8) is 0 Å². The summed E-state index contributed by atoms with van der Waals surface area (Å²) in [5.41, 5.74) is 1.26. The summed E-state index contributed by atoms with van der Waals surface area (Å²) < 4.78 is 32.8. The van der Waals surface area contributed by atoms with E-state index in [1.807, 2.05) is 6.92 Å². The molecule has 0 unspecified atom stereocenters. The van der Waals surface area contributed by atoms with Crippen molar-refractivity contribution in [2.45, 2.75) is 37.1 Å². The molecule has 1 atom stereocenters. The van der Waals surface area contributed by atoms with Crippen LogP contribution in [-0.4, -0.2) is 38.3 Å². The van der Waals surface area contributed by atoms with Crippen LogP contribution < -0.4 is 10.1 Å². The average Bonchev–Trinajstić information content (AvgIpc) is 2.71. The zero-order valence-corrected chi connectivity index (χ0v) is 17.4. The molecule has 1 amide bonds. The maximum atomic E-state index is 13.1. The molecule has 3 rings (SSSR count). The molecule has 0 radical (unpaired) electrons. The van der Waals surface area contributed by atoms with E-state index < -0.39 is 16.1 Å². The zero-order chi connectivity index (χ0) is 20.3. The van der Waals surface area contributed by atoms with E-state index in [0.29, 0.717) is 29.4 Å². The minimum Gasteiger partial charge on any atom is -0.495 e. The number of sulfonamides is 1. The Hall–Kier alpha value is -2.09. The number of hydrogen-bond donors (Lipinski definition) is 1. The molecule has 0 saturated carbocycles. The van der Waals surface area contributed by atoms with Crippen LogP contribution in [0.4, 0.5) is 5.69 Å². The summed E-state index contributed by atoms with van der Waals surface area (Å²) in [6, 6.07) is 10.8. The number of carbonyl (C=O) groups is 1. The second-order valence-electron chi connectivity index (χ2n) is 6.73. The first kappa shape index (κ1) is 20.6. The molecule has 28 heavy (non-hydrogen) atoms. The molecule has 1 saturated heterocycles. The van der Waals surface area contributed by atoms with Gasteiger partial charge in [0.25, 0.3) is 0 Å². The highest BCUT2D eigenvalue weighted by Gasteiger charge is 2.37. The maximum absolute atomic E-state index is 13.1. The third kappa shape index (κ3) is 4.16. The number of nitrogens with one attached hydrogen (secondary N) is 1. The fraction of sp³-hybridized carbons (Fsp3) is 0.350. The van der Waals surface area contributed by atoms with E-state index in [0.717, 1.165) is 18.4 Å². The second kappa shape index (κ2) is 8.51. The third-order valence-electron chi connectivity index (χ3n) is 4.84. The number of nitrogens with zero attached hydrogens (tertiary/aromatic N) is 1. The van der Waals surface area contributed by atoms with E-state index in [-0.39, 0.29) is 10.8 Å². The molecule has 1 fully saturated rings. The fourth-order valence-electron chi connectivity index (χ4n) is 3.33. The molecule has 1 N–H and O–H groups in total. The highest BCUT2D eigenvalue weighted by molar-refractivity contribution is 7.89. The van der Waals surface area contributed by atoms with E-state index in [1.54, 1.807) is 42.5 Å². The van der Waals surface area contributed by atoms with Gasteiger partial charge in [0.2, 0.25) is 15.9 Å². The van der Waals surface area contributed by atoms with Gasteiger partial charge in [0.1, 0.15) is 11.8 Å². The number of ether oxygens (including phenoxy) is 1. The Bertz CT molecular complexity index is 964. The van der Waals surface area contributed by atoms with Crippen molar-refractivity contribution >= 4 is 33.2 Å². The molecule has 2 aromatic carbocycles. The molecule has 0 aromatic heterocycles. The van der Waals surface area contributed by atoms with Crippen LogP contribution in [0.1, 0.15) is 24.8 Å². The average molecular weight is 423 g/mol. The van der Waals surface area contributed by atoms with Crippen LogP contribution >= 0.6 is 11.6 Å². The number of amides is 1. The molecule has 0 bridgehead atoms. The molecule has 0 aliphatic carbocycles. The Kier molecular flexibility index (Phi) is 6.27. The van der Waals surface area contributed by atoms with Crippen molar-refractivity contribution < 1.29 is 17.9 Å². The fourth-order valence-corrected chi connectivity index (χ4v) is 5.16. The highest BCUT2D eigenvalue weighted by atomic mass is 35.5. The predicted octanol–water partition coefficient (Wildman–Crippen LogP) is 3.84. The van der Waals surface area contributed by atoms with E-state index >= 15 is 0 Å². The Morgan fingerprint density at radius 2 is 1.93 bits per heavy atom. The van der Waals surface area contributed by atoms with Crippen LogP contribution in [0.5, 0.6) is 5.75 Å². The number of hydrogen-bond acceptors (Lipinski definition) is 4. The molecule has 6 nitrogen and oxygen atoms in total. The molecule has 0 spiro atoms. The monoisotopic (exact) mass is 422 g/mol. The number of rotatable bonds is 5. The van der Waals surface area contributed by atoms with Crippen molar-refractivity contribution in [2.24, 2.45) is 0 Å². The number of halogens is 1. The number of anilines is 1. The summed E-state index contributed by atoms with van der Waals surface area (Å²) in [5, 5.41) is 3.35. The largest absolute Gasteiger partial charge is 0.495 e. The van der Waals surface area contributed by atoms with Crippen molar-refractivity contribution in [1.82, 2.24) is 4.31 Å². The molecule has 1 aliphatic heterocycles. The zero-order valence-electron chi connectivity index (χ0n) is 15.8. The molecule has 8 heteroatoms. The number of carbonyl (C=O) groups excluding carboxylic acids is 1. The van der Waals surface area contributed by atoms with Gasteiger partial charge >= 0.3 is 0 Å². The van der Waals surface area contributed by atoms with Gasteiger partial charge in [0, 0.05) is 17.6 Å². The quantitative estimate of drug-likeness (QED) is 0.794. The van der Waals surface area contributed by atoms with Gasteiger partial charge in [-0.05, 0) is 43.5 Å². The number of methoxy groups -OCH3 is 1. The second-order valence-corrected chi connectivity index (χ2v) is 9.03. The summed E-state index contributed by atoms with van der Waals surface area (Å²) >= 11 is 6.12. The summed E-state index contributed by atoms with van der Waals surface area (Å²) in [5.74, 6) is 0.0523. The van der Waals surface area contributed by atoms with E-state index in [9.17, 15) is 13.2 Å². The highest BCUT2D eigenvalue weighted by Crippen LogP contribution is 2.32. The lowest BCUT2D eigenvalue weighted by Crippen LogP contribution is -2.49. The number of piperidine rings is 1. The van der Waals surface area contributed by atoms with Crippen LogP contribution in [0.2, 0.25) is 5.02 Å². The van der Waals surface area contributed by atoms with Gasteiger partial charge in [-0.1, -0.05) is 36.2 Å². The van der Waals surface area contributed by atoms with Gasteiger partial charge in [0.05, 0.1) is 17.7 Å². The summed E-state index contributed by atoms with van der Waals surface area (Å²) in [6.07, 6.45) is 1.97. The molecular weight excluding hydrogens is 400 g/mol. The Balaban J connectivity index is 1.89. The Morgan fingerprint density at radius 1 is 1.21 bits per heavy atom. The van der Waals surface area contributed by atoms with Gasteiger partial charge < -0.3 is 10.1 Å². The molecule has 150 valence electrons. The molecule has 1 heterocycles. The normalized spacial score (nSPS) is 17.9. The van der Waals surface area contributed by atoms with Crippen LogP contribution in [0, 0.1) is 6.92 Å². The lowest BCUT2D eigenvalue weighted by atomic mass is 10.0. The van der Waals surface area contributed by atoms with Crippen LogP contribution in [0.15, 0.2) is 47.4 Å². The van der Waals surface area contributed by atoms with E-state index in [1.165, 1.54) is 11.4 Å². The van der Waals surface area contributed by atoms with Crippen LogP contribution in [-0.2, 0) is 14.8 Å². The standard InChI is InChI=1S/C20H23ClN2O4S/c1-14-12-17(19(27-2)13-16(14)21)22-20(24)18-10-6-7-11-23(18)28(25,26)15-8-4-3-5-9-15/h3-5,8-9,12-13,18H,6-7,10-11H2,1-2H3,(H,22,24)/t18-/m1/s1.